The molecule has 8 nitrogen and oxygen atoms in total. The second kappa shape index (κ2) is 15.5. The van der Waals surface area contributed by atoms with E-state index in [4.69, 9.17) is 9.47 Å². The number of aliphatic hydroxyl groups is 1. The highest BCUT2D eigenvalue weighted by Gasteiger charge is 2.27. The number of thioether (sulfide) groups is 1. The first kappa shape index (κ1) is 31.3. The number of carbonyl (C=O) groups is 1. The van der Waals surface area contributed by atoms with Gasteiger partial charge >= 0.3 is 0 Å². The van der Waals surface area contributed by atoms with Crippen LogP contribution in [0.2, 0.25) is 0 Å². The lowest BCUT2D eigenvalue weighted by Crippen LogP contribution is -2.45. The number of nitrogens with one attached hydrogen (secondary N) is 1. The summed E-state index contributed by atoms with van der Waals surface area (Å²) in [5, 5.41) is 14.5. The minimum absolute atomic E-state index is 0. The van der Waals surface area contributed by atoms with Gasteiger partial charge in [-0.3, -0.25) is 4.79 Å². The number of aliphatic hydroxyl groups excluding tert-OH is 1. The van der Waals surface area contributed by atoms with Gasteiger partial charge in [0.15, 0.2) is 5.17 Å². The predicted molar refractivity (Wildman–Crippen MR) is 163 cm³/mol. The van der Waals surface area contributed by atoms with Gasteiger partial charge < -0.3 is 29.7 Å². The maximum atomic E-state index is 12.4. The number of aliphatic imine (C=N–C) groups is 1. The molecule has 2 aromatic carbocycles. The molecule has 1 atom stereocenters. The molecule has 1 amide bonds. The standard InChI is InChI=1S/C28H34N4O4S.2ClH/c33-24(20-36-25-4-2-1-3-5-25)19-29-22-10-12-31(13-11-22)23-8-6-21(7-9-23)18-26-27(34)30-28(37-26)32-14-16-35-17-15-32;;/h1-9,18,22,24,29,33H,10-17,19-20H2;2*1H/b26-18+;;. The smallest absolute Gasteiger partial charge is 0.286 e. The summed E-state index contributed by atoms with van der Waals surface area (Å²) >= 11 is 1.45. The second-order valence-electron chi connectivity index (χ2n) is 9.45. The van der Waals surface area contributed by atoms with Gasteiger partial charge in [0.05, 0.1) is 18.1 Å². The van der Waals surface area contributed by atoms with Crippen molar-refractivity contribution in [2.24, 2.45) is 4.99 Å². The average Bonchev–Trinajstić information content (AvgIpc) is 3.32. The lowest BCUT2D eigenvalue weighted by Gasteiger charge is -2.34. The fraction of sp³-hybridized carbons (Fsp3) is 0.429. The lowest BCUT2D eigenvalue weighted by atomic mass is 10.0. The monoisotopic (exact) mass is 594 g/mol. The molecular formula is C28H36Cl2N4O4S. The topological polar surface area (TPSA) is 86.6 Å². The Bertz CT molecular complexity index is 1110. The third kappa shape index (κ3) is 8.86. The molecule has 2 aromatic rings. The highest BCUT2D eigenvalue weighted by molar-refractivity contribution is 8.18. The summed E-state index contributed by atoms with van der Waals surface area (Å²) in [5.41, 5.74) is 2.19. The molecule has 3 aliphatic rings. The quantitative estimate of drug-likeness (QED) is 0.446. The van der Waals surface area contributed by atoms with Crippen LogP contribution in [0.5, 0.6) is 5.75 Å². The zero-order chi connectivity index (χ0) is 25.5. The van der Waals surface area contributed by atoms with Crippen molar-refractivity contribution in [1.82, 2.24) is 10.2 Å². The second-order valence-corrected chi connectivity index (χ2v) is 10.5. The van der Waals surface area contributed by atoms with Crippen LogP contribution in [0.4, 0.5) is 5.69 Å². The molecule has 0 spiro atoms. The Balaban J connectivity index is 0.00000210. The molecule has 0 aliphatic carbocycles. The van der Waals surface area contributed by atoms with Crippen LogP contribution in [0.3, 0.4) is 0 Å². The molecule has 0 aromatic heterocycles. The Morgan fingerprint density at radius 1 is 1.03 bits per heavy atom. The molecule has 212 valence electrons. The molecule has 2 N–H and O–H groups in total. The van der Waals surface area contributed by atoms with E-state index in [1.165, 1.54) is 17.4 Å². The van der Waals surface area contributed by atoms with Gasteiger partial charge in [0.2, 0.25) is 0 Å². The summed E-state index contributed by atoms with van der Waals surface area (Å²) in [7, 11) is 0. The Morgan fingerprint density at radius 3 is 2.41 bits per heavy atom. The molecule has 11 heteroatoms. The van der Waals surface area contributed by atoms with Crippen molar-refractivity contribution in [2.75, 3.05) is 57.4 Å². The molecule has 2 fully saturated rings. The highest BCUT2D eigenvalue weighted by Crippen LogP contribution is 2.31. The number of morpholine rings is 1. The van der Waals surface area contributed by atoms with E-state index < -0.39 is 6.10 Å². The van der Waals surface area contributed by atoms with Crippen LogP contribution in [0.1, 0.15) is 18.4 Å². The minimum atomic E-state index is -0.542. The van der Waals surface area contributed by atoms with Crippen molar-refractivity contribution < 1.29 is 19.4 Å². The van der Waals surface area contributed by atoms with Crippen LogP contribution >= 0.6 is 36.6 Å². The van der Waals surface area contributed by atoms with E-state index in [-0.39, 0.29) is 37.3 Å². The van der Waals surface area contributed by atoms with Gasteiger partial charge in [0.25, 0.3) is 5.91 Å². The first-order valence-electron chi connectivity index (χ1n) is 12.9. The van der Waals surface area contributed by atoms with E-state index >= 15 is 0 Å². The summed E-state index contributed by atoms with van der Waals surface area (Å²) in [6.45, 7) is 5.62. The minimum Gasteiger partial charge on any atom is -0.491 e. The van der Waals surface area contributed by atoms with Gasteiger partial charge in [-0.25, -0.2) is 0 Å². The largest absolute Gasteiger partial charge is 0.491 e. The first-order chi connectivity index (χ1) is 18.1. The number of ether oxygens (including phenoxy) is 2. The van der Waals surface area contributed by atoms with Crippen LogP contribution in [0.15, 0.2) is 64.5 Å². The number of hydrogen-bond acceptors (Lipinski definition) is 8. The third-order valence-corrected chi connectivity index (χ3v) is 7.81. The van der Waals surface area contributed by atoms with Crippen LogP contribution in [0.25, 0.3) is 6.08 Å². The lowest BCUT2D eigenvalue weighted by molar-refractivity contribution is -0.113. The normalized spacial score (nSPS) is 19.8. The Kier molecular flexibility index (Phi) is 12.4. The van der Waals surface area contributed by atoms with Gasteiger partial charge in [0.1, 0.15) is 18.5 Å². The molecule has 3 heterocycles. The molecule has 0 bridgehead atoms. The number of benzene rings is 2. The maximum absolute atomic E-state index is 12.4. The van der Waals surface area contributed by atoms with Gasteiger partial charge in [-0.05, 0) is 60.5 Å². The molecular weight excluding hydrogens is 559 g/mol. The zero-order valence-corrected chi connectivity index (χ0v) is 24.2. The number of piperidine rings is 1. The molecule has 5 rings (SSSR count). The van der Waals surface area contributed by atoms with E-state index in [1.54, 1.807) is 0 Å². The van der Waals surface area contributed by atoms with Gasteiger partial charge in [-0.15, -0.1) is 24.8 Å². The van der Waals surface area contributed by atoms with Crippen molar-refractivity contribution in [3.8, 4) is 5.75 Å². The van der Waals surface area contributed by atoms with Crippen molar-refractivity contribution in [1.29, 1.82) is 0 Å². The number of rotatable bonds is 8. The molecule has 3 aliphatic heterocycles. The molecule has 1 unspecified atom stereocenters. The van der Waals surface area contributed by atoms with Crippen molar-refractivity contribution in [3.05, 3.63) is 65.1 Å². The van der Waals surface area contributed by atoms with Crippen LogP contribution in [-0.4, -0.2) is 85.8 Å². The van der Waals surface area contributed by atoms with Crippen LogP contribution in [0, 0.1) is 0 Å². The van der Waals surface area contributed by atoms with Crippen molar-refractivity contribution >= 4 is 59.4 Å². The zero-order valence-electron chi connectivity index (χ0n) is 21.7. The van der Waals surface area contributed by atoms with E-state index in [0.29, 0.717) is 30.7 Å². The molecule has 0 radical (unpaired) electrons. The van der Waals surface area contributed by atoms with Crippen molar-refractivity contribution in [3.63, 3.8) is 0 Å². The summed E-state index contributed by atoms with van der Waals surface area (Å²) in [6.07, 6.45) is 3.42. The van der Waals surface area contributed by atoms with E-state index in [9.17, 15) is 9.90 Å². The van der Waals surface area contributed by atoms with Gasteiger partial charge in [-0.1, -0.05) is 30.3 Å². The number of para-hydroxylation sites is 1. The van der Waals surface area contributed by atoms with Gasteiger partial charge in [-0.2, -0.15) is 4.99 Å². The Hall–Kier alpha value is -2.27. The van der Waals surface area contributed by atoms with E-state index in [0.717, 1.165) is 55.5 Å². The van der Waals surface area contributed by atoms with E-state index in [1.807, 2.05) is 36.4 Å². The Morgan fingerprint density at radius 2 is 1.72 bits per heavy atom. The van der Waals surface area contributed by atoms with Crippen molar-refractivity contribution in [2.45, 2.75) is 25.0 Å². The Labute approximate surface area is 246 Å². The number of hydrogen-bond donors (Lipinski definition) is 2. The summed E-state index contributed by atoms with van der Waals surface area (Å²) < 4.78 is 11.0. The third-order valence-electron chi connectivity index (χ3n) is 6.77. The van der Waals surface area contributed by atoms with Crippen LogP contribution < -0.4 is 15.0 Å². The number of amidine groups is 1. The molecule has 39 heavy (non-hydrogen) atoms. The number of nitrogens with zero attached hydrogens (tertiary/aromatic N) is 3. The molecule has 0 saturated carbocycles. The summed E-state index contributed by atoms with van der Waals surface area (Å²) in [6, 6.07) is 18.3. The maximum Gasteiger partial charge on any atom is 0.286 e. The summed E-state index contributed by atoms with van der Waals surface area (Å²) in [5.74, 6) is 0.610. The van der Waals surface area contributed by atoms with E-state index in [2.05, 4.69) is 44.4 Å². The number of carbonyl (C=O) groups excluding carboxylic acids is 1. The number of halogens is 2. The first-order valence-corrected chi connectivity index (χ1v) is 13.8. The SMILES string of the molecule is Cl.Cl.O=C1N=C(N2CCOCC2)S/C1=C/c1ccc(N2CCC(NCC(O)COc3ccccc3)CC2)cc1. The van der Waals surface area contributed by atoms with Gasteiger partial charge in [0, 0.05) is 44.5 Å². The predicted octanol–water partition coefficient (Wildman–Crippen LogP) is 3.83. The average molecular weight is 596 g/mol. The number of anilines is 1. The molecule has 2 saturated heterocycles. The van der Waals surface area contributed by atoms with Crippen LogP contribution in [-0.2, 0) is 9.53 Å². The summed E-state index contributed by atoms with van der Waals surface area (Å²) in [4.78, 5) is 21.8. The highest BCUT2D eigenvalue weighted by atomic mass is 35.5. The fourth-order valence-electron chi connectivity index (χ4n) is 4.63. The number of amides is 1. The fourth-order valence-corrected chi connectivity index (χ4v) is 5.60.